The summed E-state index contributed by atoms with van der Waals surface area (Å²) in [4.78, 5) is 22.5. The van der Waals surface area contributed by atoms with Gasteiger partial charge < -0.3 is 15.4 Å². The van der Waals surface area contributed by atoms with Gasteiger partial charge in [-0.2, -0.15) is 0 Å². The fraction of sp³-hybridized carbons (Fsp3) is 0.857. The van der Waals surface area contributed by atoms with Crippen LogP contribution in [0.3, 0.4) is 0 Å². The highest BCUT2D eigenvalue weighted by Crippen LogP contribution is 2.05. The molecule has 0 saturated heterocycles. The van der Waals surface area contributed by atoms with E-state index in [0.29, 0.717) is 12.6 Å². The lowest BCUT2D eigenvalue weighted by Gasteiger charge is -2.19. The van der Waals surface area contributed by atoms with E-state index in [4.69, 9.17) is 0 Å². The van der Waals surface area contributed by atoms with Crippen LogP contribution in [0.5, 0.6) is 0 Å². The maximum Gasteiger partial charge on any atom is 0.329 e. The number of rotatable bonds is 10. The highest BCUT2D eigenvalue weighted by atomic mass is 16.5. The zero-order chi connectivity index (χ0) is 14.7. The zero-order valence-electron chi connectivity index (χ0n) is 12.6. The fourth-order valence-electron chi connectivity index (χ4n) is 1.88. The fourth-order valence-corrected chi connectivity index (χ4v) is 1.88. The van der Waals surface area contributed by atoms with E-state index in [-0.39, 0.29) is 5.91 Å². The molecule has 2 atom stereocenters. The SMILES string of the molecule is CCCCCCC(C)NCC(NC(C)=O)C(=O)OC. The molecule has 0 fully saturated rings. The molecule has 2 N–H and O–H groups in total. The molecule has 5 nitrogen and oxygen atoms in total. The number of unbranched alkanes of at least 4 members (excludes halogenated alkanes) is 3. The summed E-state index contributed by atoms with van der Waals surface area (Å²) in [7, 11) is 1.32. The smallest absolute Gasteiger partial charge is 0.329 e. The Morgan fingerprint density at radius 1 is 1.21 bits per heavy atom. The van der Waals surface area contributed by atoms with E-state index in [9.17, 15) is 9.59 Å². The molecule has 0 rings (SSSR count). The Balaban J connectivity index is 3.95. The van der Waals surface area contributed by atoms with E-state index in [1.165, 1.54) is 39.7 Å². The number of amides is 1. The van der Waals surface area contributed by atoms with Gasteiger partial charge in [0.1, 0.15) is 6.04 Å². The topological polar surface area (TPSA) is 67.4 Å². The molecule has 0 bridgehead atoms. The average molecular weight is 272 g/mol. The van der Waals surface area contributed by atoms with Gasteiger partial charge in [-0.05, 0) is 13.3 Å². The molecule has 5 heteroatoms. The standard InChI is InChI=1S/C14H28N2O3/c1-5-6-7-8-9-11(2)15-10-13(14(18)19-4)16-12(3)17/h11,13,15H,5-10H2,1-4H3,(H,16,17). The monoisotopic (exact) mass is 272 g/mol. The van der Waals surface area contributed by atoms with Crippen LogP contribution in [0.25, 0.3) is 0 Å². The Hall–Kier alpha value is -1.10. The predicted octanol–water partition coefficient (Wildman–Crippen LogP) is 1.61. The Morgan fingerprint density at radius 2 is 1.89 bits per heavy atom. The van der Waals surface area contributed by atoms with Gasteiger partial charge in [-0.15, -0.1) is 0 Å². The molecule has 0 aliphatic rings. The molecule has 0 aromatic carbocycles. The second kappa shape index (κ2) is 10.8. The van der Waals surface area contributed by atoms with Crippen molar-refractivity contribution < 1.29 is 14.3 Å². The van der Waals surface area contributed by atoms with Crippen molar-refractivity contribution in [3.63, 3.8) is 0 Å². The third kappa shape index (κ3) is 9.47. The van der Waals surface area contributed by atoms with E-state index in [0.717, 1.165) is 6.42 Å². The third-order valence-corrected chi connectivity index (χ3v) is 3.02. The van der Waals surface area contributed by atoms with Gasteiger partial charge in [0.2, 0.25) is 5.91 Å². The number of methoxy groups -OCH3 is 1. The minimum atomic E-state index is -0.611. The Kier molecular flexibility index (Phi) is 10.2. The predicted molar refractivity (Wildman–Crippen MR) is 75.8 cm³/mol. The van der Waals surface area contributed by atoms with Gasteiger partial charge in [0.15, 0.2) is 0 Å². The summed E-state index contributed by atoms with van der Waals surface area (Å²) < 4.78 is 4.66. The first kappa shape index (κ1) is 17.9. The van der Waals surface area contributed by atoms with Crippen molar-refractivity contribution in [2.75, 3.05) is 13.7 Å². The summed E-state index contributed by atoms with van der Waals surface area (Å²) in [6, 6.07) is -0.279. The molecule has 0 aromatic rings. The first-order valence-corrected chi connectivity index (χ1v) is 7.09. The van der Waals surface area contributed by atoms with Crippen molar-refractivity contribution in [1.82, 2.24) is 10.6 Å². The number of hydrogen-bond acceptors (Lipinski definition) is 4. The van der Waals surface area contributed by atoms with Crippen LogP contribution in [-0.2, 0) is 14.3 Å². The van der Waals surface area contributed by atoms with Crippen molar-refractivity contribution in [3.8, 4) is 0 Å². The quantitative estimate of drug-likeness (QED) is 0.468. The second-order valence-electron chi connectivity index (χ2n) is 4.93. The van der Waals surface area contributed by atoms with Crippen LogP contribution >= 0.6 is 0 Å². The van der Waals surface area contributed by atoms with E-state index in [2.05, 4.69) is 29.2 Å². The lowest BCUT2D eigenvalue weighted by atomic mass is 10.1. The number of esters is 1. The maximum absolute atomic E-state index is 11.5. The molecule has 112 valence electrons. The van der Waals surface area contributed by atoms with Gasteiger partial charge >= 0.3 is 5.97 Å². The Bertz CT molecular complexity index is 269. The highest BCUT2D eigenvalue weighted by Gasteiger charge is 2.20. The van der Waals surface area contributed by atoms with Crippen molar-refractivity contribution in [1.29, 1.82) is 0 Å². The minimum absolute atomic E-state index is 0.229. The summed E-state index contributed by atoms with van der Waals surface area (Å²) in [6.45, 7) is 6.08. The first-order chi connectivity index (χ1) is 9.01. The lowest BCUT2D eigenvalue weighted by molar-refractivity contribution is -0.144. The molecule has 0 spiro atoms. The zero-order valence-corrected chi connectivity index (χ0v) is 12.6. The summed E-state index contributed by atoms with van der Waals surface area (Å²) in [5.74, 6) is -0.645. The number of ether oxygens (including phenoxy) is 1. The molecule has 0 radical (unpaired) electrons. The van der Waals surface area contributed by atoms with Gasteiger partial charge in [0.25, 0.3) is 0 Å². The molecule has 0 aliphatic carbocycles. The van der Waals surface area contributed by atoms with Crippen LogP contribution in [0.4, 0.5) is 0 Å². The van der Waals surface area contributed by atoms with Gasteiger partial charge in [-0.1, -0.05) is 32.6 Å². The summed E-state index contributed by atoms with van der Waals surface area (Å²) >= 11 is 0. The van der Waals surface area contributed by atoms with E-state index >= 15 is 0 Å². The molecule has 2 unspecified atom stereocenters. The number of nitrogens with one attached hydrogen (secondary N) is 2. The van der Waals surface area contributed by atoms with E-state index in [1.54, 1.807) is 0 Å². The Morgan fingerprint density at radius 3 is 2.42 bits per heavy atom. The lowest BCUT2D eigenvalue weighted by Crippen LogP contribution is -2.48. The van der Waals surface area contributed by atoms with Crippen molar-refractivity contribution >= 4 is 11.9 Å². The number of carbonyl (C=O) groups excluding carboxylic acids is 2. The van der Waals surface area contributed by atoms with E-state index in [1.807, 2.05) is 0 Å². The van der Waals surface area contributed by atoms with Crippen LogP contribution in [0.15, 0.2) is 0 Å². The highest BCUT2D eigenvalue weighted by molar-refractivity contribution is 5.83. The van der Waals surface area contributed by atoms with Crippen LogP contribution < -0.4 is 10.6 Å². The van der Waals surface area contributed by atoms with E-state index < -0.39 is 12.0 Å². The Labute approximate surface area is 116 Å². The minimum Gasteiger partial charge on any atom is -0.467 e. The normalized spacial score (nSPS) is 13.7. The largest absolute Gasteiger partial charge is 0.467 e. The van der Waals surface area contributed by atoms with Crippen molar-refractivity contribution in [3.05, 3.63) is 0 Å². The molecule has 0 aliphatic heterocycles. The summed E-state index contributed by atoms with van der Waals surface area (Å²) in [5.41, 5.74) is 0. The van der Waals surface area contributed by atoms with Crippen molar-refractivity contribution in [2.45, 2.75) is 65.0 Å². The molecule has 19 heavy (non-hydrogen) atoms. The second-order valence-corrected chi connectivity index (χ2v) is 4.93. The van der Waals surface area contributed by atoms with Crippen LogP contribution in [0, 0.1) is 0 Å². The first-order valence-electron chi connectivity index (χ1n) is 7.09. The van der Waals surface area contributed by atoms with Crippen molar-refractivity contribution in [2.24, 2.45) is 0 Å². The maximum atomic E-state index is 11.5. The van der Waals surface area contributed by atoms with Gasteiger partial charge in [-0.3, -0.25) is 4.79 Å². The summed E-state index contributed by atoms with van der Waals surface area (Å²) in [6.07, 6.45) is 6.01. The molecule has 0 heterocycles. The van der Waals surface area contributed by atoms with Gasteiger partial charge in [0, 0.05) is 19.5 Å². The molecule has 0 saturated carbocycles. The number of hydrogen-bond donors (Lipinski definition) is 2. The van der Waals surface area contributed by atoms with Crippen LogP contribution in [0.1, 0.15) is 52.9 Å². The molecule has 1 amide bonds. The molecule has 0 aromatic heterocycles. The average Bonchev–Trinajstić information content (AvgIpc) is 2.38. The molecular formula is C14H28N2O3. The summed E-state index contributed by atoms with van der Waals surface area (Å²) in [5, 5.41) is 5.85. The van der Waals surface area contributed by atoms with Crippen LogP contribution in [0.2, 0.25) is 0 Å². The van der Waals surface area contributed by atoms with Crippen LogP contribution in [-0.4, -0.2) is 37.6 Å². The third-order valence-electron chi connectivity index (χ3n) is 3.02. The van der Waals surface area contributed by atoms with Gasteiger partial charge in [0.05, 0.1) is 7.11 Å². The number of carbonyl (C=O) groups is 2. The molecular weight excluding hydrogens is 244 g/mol. The van der Waals surface area contributed by atoms with Gasteiger partial charge in [-0.25, -0.2) is 4.79 Å².